The average molecular weight is 331 g/mol. The smallest absolute Gasteiger partial charge is 0.336 e. The summed E-state index contributed by atoms with van der Waals surface area (Å²) in [5.74, 6) is 0.0350. The van der Waals surface area contributed by atoms with Crippen LogP contribution in [0.5, 0.6) is 5.75 Å². The van der Waals surface area contributed by atoms with E-state index >= 15 is 0 Å². The fourth-order valence-electron chi connectivity index (χ4n) is 2.65. The van der Waals surface area contributed by atoms with Crippen LogP contribution in [0.25, 0.3) is 21.7 Å². The Morgan fingerprint density at radius 1 is 0.880 bits per heavy atom. The van der Waals surface area contributed by atoms with Gasteiger partial charge in [-0.1, -0.05) is 6.07 Å². The predicted octanol–water partition coefficient (Wildman–Crippen LogP) is 4.65. The maximum absolute atomic E-state index is 11.2. The van der Waals surface area contributed by atoms with Gasteiger partial charge in [-0.25, -0.2) is 4.79 Å². The molecule has 0 aliphatic heterocycles. The lowest BCUT2D eigenvalue weighted by Crippen LogP contribution is -1.93. The summed E-state index contributed by atoms with van der Waals surface area (Å²) in [4.78, 5) is 11.2. The summed E-state index contributed by atoms with van der Waals surface area (Å²) in [5.41, 5.74) is 7.46. The number of rotatable bonds is 2. The van der Waals surface area contributed by atoms with Crippen LogP contribution in [-0.4, -0.2) is 5.11 Å². The van der Waals surface area contributed by atoms with Crippen molar-refractivity contribution in [1.29, 1.82) is 0 Å². The third-order valence-corrected chi connectivity index (χ3v) is 3.86. The molecule has 0 saturated heterocycles. The Hall–Kier alpha value is -3.67. The van der Waals surface area contributed by atoms with E-state index in [1.807, 2.05) is 6.07 Å². The molecule has 0 aliphatic rings. The minimum Gasteiger partial charge on any atom is -0.506 e. The van der Waals surface area contributed by atoms with Crippen LogP contribution in [0, 0.1) is 0 Å². The van der Waals surface area contributed by atoms with Crippen LogP contribution in [0.1, 0.15) is 0 Å². The van der Waals surface area contributed by atoms with Gasteiger partial charge in [0.2, 0.25) is 0 Å². The first-order valence-electron chi connectivity index (χ1n) is 7.57. The second-order valence-electron chi connectivity index (χ2n) is 5.59. The van der Waals surface area contributed by atoms with Crippen molar-refractivity contribution in [2.45, 2.75) is 0 Å². The number of fused-ring (bicyclic) bond motifs is 2. The van der Waals surface area contributed by atoms with Crippen molar-refractivity contribution >= 4 is 38.8 Å². The van der Waals surface area contributed by atoms with E-state index in [9.17, 15) is 9.90 Å². The second kappa shape index (κ2) is 5.76. The van der Waals surface area contributed by atoms with Gasteiger partial charge in [0.25, 0.3) is 0 Å². The Kier molecular flexibility index (Phi) is 3.43. The van der Waals surface area contributed by atoms with E-state index in [1.165, 1.54) is 6.07 Å². The molecule has 1 heterocycles. The summed E-state index contributed by atoms with van der Waals surface area (Å²) < 4.78 is 5.09. The molecular formula is C19H13N3O3. The lowest BCUT2D eigenvalue weighted by atomic mass is 10.1. The maximum atomic E-state index is 11.2. The Balaban J connectivity index is 1.79. The van der Waals surface area contributed by atoms with Crippen LogP contribution in [0.3, 0.4) is 0 Å². The SMILES string of the molecule is Nc1ccc2c(N=Nc3ccc4oc(=O)ccc4c3)c(O)ccc2c1. The molecule has 0 fully saturated rings. The predicted molar refractivity (Wildman–Crippen MR) is 96.7 cm³/mol. The number of nitrogens with zero attached hydrogens (tertiary/aromatic N) is 2. The number of nitrogens with two attached hydrogens (primary N) is 1. The third kappa shape index (κ3) is 2.81. The van der Waals surface area contributed by atoms with Crippen LogP contribution < -0.4 is 11.4 Å². The van der Waals surface area contributed by atoms with Crippen molar-refractivity contribution in [3.63, 3.8) is 0 Å². The number of phenols is 1. The van der Waals surface area contributed by atoms with Gasteiger partial charge < -0.3 is 15.3 Å². The number of azo groups is 1. The van der Waals surface area contributed by atoms with E-state index in [4.69, 9.17) is 10.2 Å². The normalized spacial score (nSPS) is 11.5. The topological polar surface area (TPSA) is 101 Å². The Bertz CT molecular complexity index is 1200. The summed E-state index contributed by atoms with van der Waals surface area (Å²) in [6.45, 7) is 0. The van der Waals surface area contributed by atoms with E-state index in [0.717, 1.165) is 16.2 Å². The third-order valence-electron chi connectivity index (χ3n) is 3.86. The first-order chi connectivity index (χ1) is 12.1. The summed E-state index contributed by atoms with van der Waals surface area (Å²) >= 11 is 0. The van der Waals surface area contributed by atoms with Crippen LogP contribution in [0.15, 0.2) is 80.1 Å². The lowest BCUT2D eigenvalue weighted by Gasteiger charge is -2.05. The van der Waals surface area contributed by atoms with E-state index in [2.05, 4.69) is 10.2 Å². The summed E-state index contributed by atoms with van der Waals surface area (Å²) in [6.07, 6.45) is 0. The zero-order valence-electron chi connectivity index (χ0n) is 13.0. The zero-order valence-corrected chi connectivity index (χ0v) is 13.0. The van der Waals surface area contributed by atoms with Crippen molar-refractivity contribution in [3.8, 4) is 5.75 Å². The highest BCUT2D eigenvalue weighted by molar-refractivity contribution is 5.96. The van der Waals surface area contributed by atoms with Gasteiger partial charge in [0, 0.05) is 22.5 Å². The molecule has 0 bridgehead atoms. The largest absolute Gasteiger partial charge is 0.506 e. The van der Waals surface area contributed by atoms with Crippen molar-refractivity contribution in [3.05, 3.63) is 71.1 Å². The number of nitrogen functional groups attached to an aromatic ring is 1. The monoisotopic (exact) mass is 331 g/mol. The number of phenolic OH excluding ortho intramolecular Hbond substituents is 1. The summed E-state index contributed by atoms with van der Waals surface area (Å²) in [5, 5.41) is 20.9. The molecule has 0 spiro atoms. The average Bonchev–Trinajstić information content (AvgIpc) is 2.61. The molecule has 3 aromatic carbocycles. The Morgan fingerprint density at radius 2 is 1.72 bits per heavy atom. The van der Waals surface area contributed by atoms with Crippen LogP contribution in [0.2, 0.25) is 0 Å². The van der Waals surface area contributed by atoms with Gasteiger partial charge in [-0.3, -0.25) is 0 Å². The van der Waals surface area contributed by atoms with Crippen molar-refractivity contribution < 1.29 is 9.52 Å². The number of anilines is 1. The quantitative estimate of drug-likeness (QED) is 0.317. The molecule has 0 saturated carbocycles. The minimum absolute atomic E-state index is 0.0350. The molecule has 1 aromatic heterocycles. The van der Waals surface area contributed by atoms with Crippen LogP contribution in [-0.2, 0) is 0 Å². The van der Waals surface area contributed by atoms with E-state index in [0.29, 0.717) is 22.6 Å². The van der Waals surface area contributed by atoms with Gasteiger partial charge in [-0.05, 0) is 53.9 Å². The molecule has 0 radical (unpaired) electrons. The first-order valence-corrected chi connectivity index (χ1v) is 7.57. The molecule has 122 valence electrons. The molecule has 25 heavy (non-hydrogen) atoms. The molecular weight excluding hydrogens is 318 g/mol. The highest BCUT2D eigenvalue weighted by atomic mass is 16.4. The van der Waals surface area contributed by atoms with Crippen LogP contribution in [0.4, 0.5) is 17.1 Å². The first kappa shape index (κ1) is 14.9. The molecule has 0 amide bonds. The molecule has 0 unspecified atom stereocenters. The standard InChI is InChI=1S/C19H13N3O3/c20-13-3-5-15-11(9-13)1-6-16(23)19(15)22-21-14-4-7-17-12(10-14)2-8-18(24)25-17/h1-10,23H,20H2. The van der Waals surface area contributed by atoms with E-state index < -0.39 is 5.63 Å². The molecule has 4 rings (SSSR count). The fraction of sp³-hybridized carbons (Fsp3) is 0. The van der Waals surface area contributed by atoms with Crippen molar-refractivity contribution in [2.75, 3.05) is 5.73 Å². The highest BCUT2D eigenvalue weighted by Crippen LogP contribution is 2.37. The number of hydrogen-bond donors (Lipinski definition) is 2. The van der Waals surface area contributed by atoms with Gasteiger partial charge in [0.15, 0.2) is 0 Å². The minimum atomic E-state index is -0.401. The maximum Gasteiger partial charge on any atom is 0.336 e. The molecule has 6 heteroatoms. The fourth-order valence-corrected chi connectivity index (χ4v) is 2.65. The Morgan fingerprint density at radius 3 is 2.60 bits per heavy atom. The van der Waals surface area contributed by atoms with Crippen molar-refractivity contribution in [1.82, 2.24) is 0 Å². The molecule has 3 N–H and O–H groups in total. The molecule has 0 aliphatic carbocycles. The molecule has 6 nitrogen and oxygen atoms in total. The van der Waals surface area contributed by atoms with E-state index in [-0.39, 0.29) is 5.75 Å². The van der Waals surface area contributed by atoms with E-state index in [1.54, 1.807) is 48.5 Å². The lowest BCUT2D eigenvalue weighted by molar-refractivity contribution is 0.477. The molecule has 4 aromatic rings. The van der Waals surface area contributed by atoms with Crippen molar-refractivity contribution in [2.24, 2.45) is 10.2 Å². The summed E-state index contributed by atoms with van der Waals surface area (Å²) in [6, 6.07) is 16.8. The highest BCUT2D eigenvalue weighted by Gasteiger charge is 2.07. The van der Waals surface area contributed by atoms with Crippen LogP contribution >= 0.6 is 0 Å². The zero-order chi connectivity index (χ0) is 17.4. The van der Waals surface area contributed by atoms with Gasteiger partial charge in [-0.2, -0.15) is 5.11 Å². The van der Waals surface area contributed by atoms with Gasteiger partial charge in [0.1, 0.15) is 17.0 Å². The number of aromatic hydroxyl groups is 1. The second-order valence-corrected chi connectivity index (χ2v) is 5.59. The number of benzene rings is 3. The number of hydrogen-bond acceptors (Lipinski definition) is 6. The summed E-state index contributed by atoms with van der Waals surface area (Å²) in [7, 11) is 0. The van der Waals surface area contributed by atoms with Gasteiger partial charge >= 0.3 is 5.63 Å². The molecule has 0 atom stereocenters. The Labute approximate surface area is 141 Å². The van der Waals surface area contributed by atoms with Gasteiger partial charge in [-0.15, -0.1) is 5.11 Å². The van der Waals surface area contributed by atoms with Gasteiger partial charge in [0.05, 0.1) is 5.69 Å².